The highest BCUT2D eigenvalue weighted by atomic mass is 16.2. The zero-order valence-electron chi connectivity index (χ0n) is 16.7. The SMILES string of the molecule is Cn1c(CNC(=O)C2CCCCC(=O)N2Cc2ccccc2)nc2ccccc21. The van der Waals surface area contributed by atoms with Gasteiger partial charge in [0.2, 0.25) is 11.8 Å². The van der Waals surface area contributed by atoms with Gasteiger partial charge in [-0.25, -0.2) is 4.98 Å². The summed E-state index contributed by atoms with van der Waals surface area (Å²) in [5, 5.41) is 3.02. The molecule has 1 N–H and O–H groups in total. The molecule has 1 aliphatic rings. The maximum Gasteiger partial charge on any atom is 0.243 e. The van der Waals surface area contributed by atoms with E-state index in [9.17, 15) is 9.59 Å². The van der Waals surface area contributed by atoms with Crippen molar-refractivity contribution in [2.45, 2.75) is 44.8 Å². The van der Waals surface area contributed by atoms with Crippen LogP contribution in [-0.2, 0) is 29.7 Å². The molecule has 6 heteroatoms. The molecule has 1 aromatic heterocycles. The van der Waals surface area contributed by atoms with Crippen LogP contribution in [0.5, 0.6) is 0 Å². The Morgan fingerprint density at radius 3 is 2.66 bits per heavy atom. The van der Waals surface area contributed by atoms with Crippen LogP contribution in [0.4, 0.5) is 0 Å². The summed E-state index contributed by atoms with van der Waals surface area (Å²) in [5.74, 6) is 0.742. The number of likely N-dealkylation sites (tertiary alicyclic amines) is 1. The first-order chi connectivity index (χ1) is 14.1. The fourth-order valence-electron chi connectivity index (χ4n) is 3.98. The topological polar surface area (TPSA) is 67.2 Å². The van der Waals surface area contributed by atoms with Gasteiger partial charge in [-0.3, -0.25) is 9.59 Å². The molecule has 1 saturated heterocycles. The number of rotatable bonds is 5. The molecular formula is C23H26N4O2. The highest BCUT2D eigenvalue weighted by Crippen LogP contribution is 2.21. The summed E-state index contributed by atoms with van der Waals surface area (Å²) in [7, 11) is 1.95. The van der Waals surface area contributed by atoms with Crippen molar-refractivity contribution in [3.63, 3.8) is 0 Å². The molecule has 1 aliphatic heterocycles. The van der Waals surface area contributed by atoms with Crippen molar-refractivity contribution in [3.05, 3.63) is 66.0 Å². The Hall–Kier alpha value is -3.15. The zero-order valence-corrected chi connectivity index (χ0v) is 16.7. The van der Waals surface area contributed by atoms with E-state index in [0.29, 0.717) is 25.9 Å². The second-order valence-electron chi connectivity index (χ2n) is 7.56. The average Bonchev–Trinajstić information content (AvgIpc) is 2.95. The van der Waals surface area contributed by atoms with Crippen LogP contribution in [0.25, 0.3) is 11.0 Å². The molecule has 0 saturated carbocycles. The Bertz CT molecular complexity index is 1010. The Labute approximate surface area is 170 Å². The Kier molecular flexibility index (Phi) is 5.60. The number of nitrogens with zero attached hydrogens (tertiary/aromatic N) is 3. The summed E-state index contributed by atoms with van der Waals surface area (Å²) in [6.07, 6.45) is 2.90. The van der Waals surface area contributed by atoms with E-state index in [2.05, 4.69) is 10.3 Å². The van der Waals surface area contributed by atoms with Gasteiger partial charge in [-0.1, -0.05) is 48.9 Å². The first-order valence-corrected chi connectivity index (χ1v) is 10.1. The summed E-state index contributed by atoms with van der Waals surface area (Å²) in [5.41, 5.74) is 2.98. The van der Waals surface area contributed by atoms with Gasteiger partial charge in [0.05, 0.1) is 17.6 Å². The summed E-state index contributed by atoms with van der Waals surface area (Å²) < 4.78 is 2.00. The first-order valence-electron chi connectivity index (χ1n) is 10.1. The van der Waals surface area contributed by atoms with E-state index in [-0.39, 0.29) is 11.8 Å². The van der Waals surface area contributed by atoms with Crippen molar-refractivity contribution in [1.82, 2.24) is 19.8 Å². The smallest absolute Gasteiger partial charge is 0.243 e. The number of hydrogen-bond donors (Lipinski definition) is 1. The van der Waals surface area contributed by atoms with Gasteiger partial charge in [-0.2, -0.15) is 0 Å². The molecule has 0 bridgehead atoms. The Balaban J connectivity index is 1.49. The average molecular weight is 390 g/mol. The van der Waals surface area contributed by atoms with Crippen LogP contribution in [0.2, 0.25) is 0 Å². The number of fused-ring (bicyclic) bond motifs is 1. The standard InChI is InChI=1S/C23H26N4O2/c1-26-19-12-6-5-11-18(19)25-21(26)15-24-23(29)20-13-7-8-14-22(28)27(20)16-17-9-3-2-4-10-17/h2-6,9-12,20H,7-8,13-16H2,1H3,(H,24,29). The van der Waals surface area contributed by atoms with E-state index >= 15 is 0 Å². The second kappa shape index (κ2) is 8.47. The minimum Gasteiger partial charge on any atom is -0.347 e. The Morgan fingerprint density at radius 1 is 1.10 bits per heavy atom. The van der Waals surface area contributed by atoms with Crippen molar-refractivity contribution < 1.29 is 9.59 Å². The van der Waals surface area contributed by atoms with Crippen molar-refractivity contribution in [1.29, 1.82) is 0 Å². The van der Waals surface area contributed by atoms with Crippen molar-refractivity contribution >= 4 is 22.8 Å². The monoisotopic (exact) mass is 390 g/mol. The van der Waals surface area contributed by atoms with E-state index in [0.717, 1.165) is 35.3 Å². The van der Waals surface area contributed by atoms with Gasteiger partial charge in [0.15, 0.2) is 0 Å². The van der Waals surface area contributed by atoms with Crippen LogP contribution in [0, 0.1) is 0 Å². The fourth-order valence-corrected chi connectivity index (χ4v) is 3.98. The zero-order chi connectivity index (χ0) is 20.2. The molecule has 4 rings (SSSR count). The molecule has 6 nitrogen and oxygen atoms in total. The summed E-state index contributed by atoms with van der Waals surface area (Å²) in [4.78, 5) is 32.1. The highest BCUT2D eigenvalue weighted by Gasteiger charge is 2.31. The fraction of sp³-hybridized carbons (Fsp3) is 0.348. The minimum absolute atomic E-state index is 0.0502. The van der Waals surface area contributed by atoms with E-state index in [4.69, 9.17) is 0 Å². The van der Waals surface area contributed by atoms with Crippen LogP contribution >= 0.6 is 0 Å². The molecule has 0 aliphatic carbocycles. The quantitative estimate of drug-likeness (QED) is 0.728. The summed E-state index contributed by atoms with van der Waals surface area (Å²) in [6, 6.07) is 17.3. The molecule has 0 radical (unpaired) electrons. The lowest BCUT2D eigenvalue weighted by molar-refractivity contribution is -0.140. The van der Waals surface area contributed by atoms with E-state index < -0.39 is 6.04 Å². The molecule has 29 heavy (non-hydrogen) atoms. The summed E-state index contributed by atoms with van der Waals surface area (Å²) in [6.45, 7) is 0.804. The number of aromatic nitrogens is 2. The minimum atomic E-state index is -0.445. The maximum atomic E-state index is 13.1. The number of carbonyl (C=O) groups is 2. The van der Waals surface area contributed by atoms with Crippen molar-refractivity contribution in [2.75, 3.05) is 0 Å². The van der Waals surface area contributed by atoms with Gasteiger partial charge >= 0.3 is 0 Å². The number of aryl methyl sites for hydroxylation is 1. The molecule has 0 spiro atoms. The molecular weight excluding hydrogens is 364 g/mol. The predicted molar refractivity (Wildman–Crippen MR) is 112 cm³/mol. The number of carbonyl (C=O) groups excluding carboxylic acids is 2. The first kappa shape index (κ1) is 19.2. The van der Waals surface area contributed by atoms with Crippen LogP contribution in [-0.4, -0.2) is 32.3 Å². The maximum absolute atomic E-state index is 13.1. The summed E-state index contributed by atoms with van der Waals surface area (Å²) >= 11 is 0. The largest absolute Gasteiger partial charge is 0.347 e. The van der Waals surface area contributed by atoms with Crippen LogP contribution in [0.3, 0.4) is 0 Å². The van der Waals surface area contributed by atoms with Gasteiger partial charge < -0.3 is 14.8 Å². The van der Waals surface area contributed by atoms with Gasteiger partial charge in [-0.05, 0) is 30.5 Å². The lowest BCUT2D eigenvalue weighted by Crippen LogP contribution is -2.48. The van der Waals surface area contributed by atoms with Gasteiger partial charge in [0.25, 0.3) is 0 Å². The number of benzene rings is 2. The molecule has 150 valence electrons. The molecule has 2 heterocycles. The molecule has 2 aromatic carbocycles. The number of para-hydroxylation sites is 2. The number of hydrogen-bond acceptors (Lipinski definition) is 3. The lowest BCUT2D eigenvalue weighted by atomic mass is 10.1. The molecule has 3 aromatic rings. The van der Waals surface area contributed by atoms with Crippen LogP contribution < -0.4 is 5.32 Å². The van der Waals surface area contributed by atoms with Gasteiger partial charge in [-0.15, -0.1) is 0 Å². The van der Waals surface area contributed by atoms with E-state index in [1.54, 1.807) is 4.90 Å². The normalized spacial score (nSPS) is 17.3. The predicted octanol–water partition coefficient (Wildman–Crippen LogP) is 3.16. The molecule has 1 atom stereocenters. The van der Waals surface area contributed by atoms with Gasteiger partial charge in [0.1, 0.15) is 11.9 Å². The lowest BCUT2D eigenvalue weighted by Gasteiger charge is -2.29. The van der Waals surface area contributed by atoms with E-state index in [1.165, 1.54) is 0 Å². The number of amides is 2. The number of imidazole rings is 1. The van der Waals surface area contributed by atoms with Crippen LogP contribution in [0.15, 0.2) is 54.6 Å². The van der Waals surface area contributed by atoms with Crippen LogP contribution in [0.1, 0.15) is 37.1 Å². The highest BCUT2D eigenvalue weighted by molar-refractivity contribution is 5.88. The van der Waals surface area contributed by atoms with Gasteiger partial charge in [0, 0.05) is 20.0 Å². The molecule has 2 amide bonds. The third-order valence-electron chi connectivity index (χ3n) is 5.61. The van der Waals surface area contributed by atoms with Crippen molar-refractivity contribution in [3.8, 4) is 0 Å². The molecule has 1 unspecified atom stereocenters. The Morgan fingerprint density at radius 2 is 1.86 bits per heavy atom. The third kappa shape index (κ3) is 4.16. The number of nitrogens with one attached hydrogen (secondary N) is 1. The third-order valence-corrected chi connectivity index (χ3v) is 5.61. The molecule has 1 fully saturated rings. The second-order valence-corrected chi connectivity index (χ2v) is 7.56. The van der Waals surface area contributed by atoms with Crippen molar-refractivity contribution in [2.24, 2.45) is 7.05 Å². The van der Waals surface area contributed by atoms with E-state index in [1.807, 2.05) is 66.2 Å².